The van der Waals surface area contributed by atoms with Crippen LogP contribution in [0.15, 0.2) is 22.9 Å². The van der Waals surface area contributed by atoms with E-state index >= 15 is 0 Å². The third-order valence-corrected chi connectivity index (χ3v) is 5.00. The molecule has 25 heavy (non-hydrogen) atoms. The van der Waals surface area contributed by atoms with Crippen molar-refractivity contribution in [2.45, 2.75) is 39.5 Å². The van der Waals surface area contributed by atoms with E-state index in [4.69, 9.17) is 9.51 Å². The normalized spacial score (nSPS) is 15.9. The molecule has 1 fully saturated rings. The molecular weight excluding hydrogens is 318 g/mol. The molecule has 1 saturated heterocycles. The van der Waals surface area contributed by atoms with E-state index in [1.54, 1.807) is 13.1 Å². The van der Waals surface area contributed by atoms with Gasteiger partial charge in [-0.2, -0.15) is 5.10 Å². The summed E-state index contributed by atoms with van der Waals surface area (Å²) in [6.45, 7) is 7.08. The number of hydrogen-bond acceptors (Lipinski definition) is 5. The number of piperidine rings is 1. The van der Waals surface area contributed by atoms with Crippen molar-refractivity contribution >= 4 is 11.6 Å². The van der Waals surface area contributed by atoms with Gasteiger partial charge in [-0.15, -0.1) is 0 Å². The van der Waals surface area contributed by atoms with E-state index in [1.165, 1.54) is 0 Å². The molecule has 1 aliphatic rings. The summed E-state index contributed by atoms with van der Waals surface area (Å²) in [7, 11) is 0. The van der Waals surface area contributed by atoms with Crippen LogP contribution in [0.4, 0.5) is 0 Å². The largest absolute Gasteiger partial charge is 0.361 e. The van der Waals surface area contributed by atoms with Crippen molar-refractivity contribution in [1.82, 2.24) is 24.7 Å². The molecule has 0 bridgehead atoms. The van der Waals surface area contributed by atoms with Crippen LogP contribution in [0.1, 0.15) is 52.0 Å². The van der Waals surface area contributed by atoms with Crippen LogP contribution in [0.3, 0.4) is 0 Å². The lowest BCUT2D eigenvalue weighted by Gasteiger charge is -2.31. The number of nitrogens with zero attached hydrogens (tertiary/aromatic N) is 5. The molecule has 4 rings (SSSR count). The van der Waals surface area contributed by atoms with Gasteiger partial charge in [0.15, 0.2) is 5.65 Å². The lowest BCUT2D eigenvalue weighted by molar-refractivity contribution is 0.0709. The first-order valence-electron chi connectivity index (χ1n) is 8.58. The molecule has 0 radical (unpaired) electrons. The van der Waals surface area contributed by atoms with Gasteiger partial charge in [0.1, 0.15) is 11.3 Å². The smallest absolute Gasteiger partial charge is 0.259 e. The van der Waals surface area contributed by atoms with E-state index in [0.717, 1.165) is 43.0 Å². The maximum absolute atomic E-state index is 12.7. The highest BCUT2D eigenvalue weighted by atomic mass is 16.5. The Hall–Kier alpha value is -2.70. The van der Waals surface area contributed by atoms with Crippen LogP contribution in [0, 0.1) is 20.8 Å². The molecule has 4 heterocycles. The number of amides is 1. The van der Waals surface area contributed by atoms with E-state index in [0.29, 0.717) is 22.9 Å². The lowest BCUT2D eigenvalue weighted by Crippen LogP contribution is -2.38. The molecular formula is C18H21N5O2. The standard InChI is InChI=1S/C18H21N5O2/c1-11-10-15(20-16-4-7-19-23(11)16)14-5-8-22(9-6-14)18(24)17-12(2)21-25-13(17)3/h4,7,10,14H,5-6,8-9H2,1-3H3. The molecule has 1 amide bonds. The Kier molecular flexibility index (Phi) is 3.78. The van der Waals surface area contributed by atoms with Gasteiger partial charge in [-0.3, -0.25) is 4.79 Å². The number of aryl methyl sites for hydroxylation is 3. The van der Waals surface area contributed by atoms with Gasteiger partial charge >= 0.3 is 0 Å². The number of rotatable bonds is 2. The number of aromatic nitrogens is 4. The van der Waals surface area contributed by atoms with Crippen LogP contribution < -0.4 is 0 Å². The molecule has 0 unspecified atom stereocenters. The Labute approximate surface area is 145 Å². The minimum Gasteiger partial charge on any atom is -0.361 e. The van der Waals surface area contributed by atoms with E-state index < -0.39 is 0 Å². The first-order valence-corrected chi connectivity index (χ1v) is 8.58. The Morgan fingerprint density at radius 3 is 2.68 bits per heavy atom. The van der Waals surface area contributed by atoms with Gasteiger partial charge in [0.05, 0.1) is 11.9 Å². The van der Waals surface area contributed by atoms with E-state index in [9.17, 15) is 4.79 Å². The maximum Gasteiger partial charge on any atom is 0.259 e. The number of fused-ring (bicyclic) bond motifs is 1. The fraction of sp³-hybridized carbons (Fsp3) is 0.444. The highest BCUT2D eigenvalue weighted by molar-refractivity contribution is 5.96. The van der Waals surface area contributed by atoms with Crippen LogP contribution in [-0.4, -0.2) is 43.7 Å². The van der Waals surface area contributed by atoms with Crippen molar-refractivity contribution in [3.05, 3.63) is 46.7 Å². The SMILES string of the molecule is Cc1noc(C)c1C(=O)N1CCC(c2cc(C)n3nccc3n2)CC1. The summed E-state index contributed by atoms with van der Waals surface area (Å²) >= 11 is 0. The summed E-state index contributed by atoms with van der Waals surface area (Å²) in [5, 5.41) is 8.16. The fourth-order valence-corrected chi connectivity index (χ4v) is 3.63. The summed E-state index contributed by atoms with van der Waals surface area (Å²) in [5.41, 5.74) is 4.32. The molecule has 0 aromatic carbocycles. The third kappa shape index (κ3) is 2.69. The minimum absolute atomic E-state index is 0.0186. The van der Waals surface area contributed by atoms with Gasteiger partial charge < -0.3 is 9.42 Å². The summed E-state index contributed by atoms with van der Waals surface area (Å²) in [6, 6.07) is 4.03. The Balaban J connectivity index is 1.50. The van der Waals surface area contributed by atoms with Crippen molar-refractivity contribution in [2.75, 3.05) is 13.1 Å². The third-order valence-electron chi connectivity index (χ3n) is 5.00. The van der Waals surface area contributed by atoms with Crippen molar-refractivity contribution in [1.29, 1.82) is 0 Å². The predicted molar refractivity (Wildman–Crippen MR) is 91.6 cm³/mol. The van der Waals surface area contributed by atoms with Gasteiger partial charge in [-0.1, -0.05) is 5.16 Å². The first kappa shape index (κ1) is 15.8. The average Bonchev–Trinajstić information content (AvgIpc) is 3.21. The second-order valence-electron chi connectivity index (χ2n) is 6.69. The molecule has 1 aliphatic heterocycles. The molecule has 7 heteroatoms. The van der Waals surface area contributed by atoms with Gasteiger partial charge in [-0.25, -0.2) is 9.50 Å². The van der Waals surface area contributed by atoms with E-state index in [1.807, 2.05) is 29.3 Å². The highest BCUT2D eigenvalue weighted by Crippen LogP contribution is 2.29. The van der Waals surface area contributed by atoms with Crippen LogP contribution in [-0.2, 0) is 0 Å². The van der Waals surface area contributed by atoms with Crippen LogP contribution in [0.2, 0.25) is 0 Å². The van der Waals surface area contributed by atoms with Gasteiger partial charge in [0.2, 0.25) is 0 Å². The van der Waals surface area contributed by atoms with Crippen LogP contribution in [0.5, 0.6) is 0 Å². The van der Waals surface area contributed by atoms with Crippen molar-refractivity contribution in [2.24, 2.45) is 0 Å². The molecule has 0 saturated carbocycles. The second-order valence-corrected chi connectivity index (χ2v) is 6.69. The zero-order chi connectivity index (χ0) is 17.6. The summed E-state index contributed by atoms with van der Waals surface area (Å²) in [4.78, 5) is 19.4. The van der Waals surface area contributed by atoms with E-state index in [2.05, 4.69) is 16.3 Å². The first-order chi connectivity index (χ1) is 12.0. The summed E-state index contributed by atoms with van der Waals surface area (Å²) in [6.07, 6.45) is 3.59. The molecule has 0 aliphatic carbocycles. The molecule has 130 valence electrons. The van der Waals surface area contributed by atoms with Gasteiger partial charge in [0, 0.05) is 36.5 Å². The topological polar surface area (TPSA) is 76.5 Å². The molecule has 3 aromatic heterocycles. The Morgan fingerprint density at radius 1 is 1.24 bits per heavy atom. The molecule has 0 N–H and O–H groups in total. The van der Waals surface area contributed by atoms with Crippen molar-refractivity contribution in [3.8, 4) is 0 Å². The average molecular weight is 339 g/mol. The fourth-order valence-electron chi connectivity index (χ4n) is 3.63. The number of carbonyl (C=O) groups is 1. The summed E-state index contributed by atoms with van der Waals surface area (Å²) in [5.74, 6) is 0.977. The predicted octanol–water partition coefficient (Wildman–Crippen LogP) is 2.66. The number of hydrogen-bond donors (Lipinski definition) is 0. The van der Waals surface area contributed by atoms with Gasteiger partial charge in [-0.05, 0) is 39.7 Å². The quantitative estimate of drug-likeness (QED) is 0.717. The molecule has 3 aromatic rings. The second kappa shape index (κ2) is 5.98. The number of carbonyl (C=O) groups excluding carboxylic acids is 1. The summed E-state index contributed by atoms with van der Waals surface area (Å²) < 4.78 is 6.98. The zero-order valence-electron chi connectivity index (χ0n) is 14.7. The Morgan fingerprint density at radius 2 is 2.00 bits per heavy atom. The lowest BCUT2D eigenvalue weighted by atomic mass is 9.92. The molecule has 7 nitrogen and oxygen atoms in total. The Bertz CT molecular complexity index is 915. The van der Waals surface area contributed by atoms with Crippen molar-refractivity contribution < 1.29 is 9.32 Å². The van der Waals surface area contributed by atoms with Crippen molar-refractivity contribution in [3.63, 3.8) is 0 Å². The molecule has 0 atom stereocenters. The zero-order valence-corrected chi connectivity index (χ0v) is 14.7. The van der Waals surface area contributed by atoms with Gasteiger partial charge in [0.25, 0.3) is 5.91 Å². The van der Waals surface area contributed by atoms with E-state index in [-0.39, 0.29) is 5.91 Å². The van der Waals surface area contributed by atoms with Crippen LogP contribution in [0.25, 0.3) is 5.65 Å². The monoisotopic (exact) mass is 339 g/mol. The minimum atomic E-state index is 0.0186. The number of likely N-dealkylation sites (tertiary alicyclic amines) is 1. The molecule has 0 spiro atoms. The maximum atomic E-state index is 12.7. The highest BCUT2D eigenvalue weighted by Gasteiger charge is 2.28. The van der Waals surface area contributed by atoms with Crippen LogP contribution >= 0.6 is 0 Å².